The Labute approximate surface area is 94.5 Å². The molecule has 0 spiro atoms. The summed E-state index contributed by atoms with van der Waals surface area (Å²) in [5.74, 6) is 0.896. The number of hydrogen-bond donors (Lipinski definition) is 2. The summed E-state index contributed by atoms with van der Waals surface area (Å²) in [4.78, 5) is 11.5. The van der Waals surface area contributed by atoms with Crippen molar-refractivity contribution in [2.45, 2.75) is 6.92 Å². The fraction of sp³-hybridized carbons (Fsp3) is 0.167. The highest BCUT2D eigenvalue weighted by atomic mass is 15.0. The number of nitrogens with one attached hydrogen (secondary N) is 2. The third-order valence-corrected chi connectivity index (χ3v) is 2.32. The minimum atomic E-state index is 0.896. The number of H-pyrrole nitrogens is 1. The predicted molar refractivity (Wildman–Crippen MR) is 65.9 cm³/mol. The average molecular weight is 214 g/mol. The first-order valence-electron chi connectivity index (χ1n) is 5.12. The van der Waals surface area contributed by atoms with Crippen LogP contribution in [0, 0.1) is 0 Å². The molecule has 0 aliphatic carbocycles. The molecule has 16 heavy (non-hydrogen) atoms. The molecule has 0 aliphatic heterocycles. The first-order valence-corrected chi connectivity index (χ1v) is 5.12. The molecule has 1 aromatic heterocycles. The van der Waals surface area contributed by atoms with Gasteiger partial charge in [-0.3, -0.25) is 0 Å². The molecule has 0 atom stereocenters. The molecule has 4 nitrogen and oxygen atoms in total. The van der Waals surface area contributed by atoms with Crippen LogP contribution in [-0.2, 0) is 0 Å². The second-order valence-electron chi connectivity index (χ2n) is 3.45. The van der Waals surface area contributed by atoms with Gasteiger partial charge in [0, 0.05) is 18.8 Å². The van der Waals surface area contributed by atoms with Crippen molar-refractivity contribution in [1.82, 2.24) is 15.3 Å². The summed E-state index contributed by atoms with van der Waals surface area (Å²) in [6.45, 7) is 1.93. The zero-order chi connectivity index (χ0) is 11.4. The Bertz CT molecular complexity index is 468. The molecule has 0 amide bonds. The maximum Gasteiger partial charge on any atom is 0.0988 e. The summed E-state index contributed by atoms with van der Waals surface area (Å²) in [6, 6.07) is 7.98. The van der Waals surface area contributed by atoms with E-state index in [1.807, 2.05) is 44.4 Å². The lowest BCUT2D eigenvalue weighted by molar-refractivity contribution is 1.15. The van der Waals surface area contributed by atoms with E-state index in [0.717, 1.165) is 22.8 Å². The van der Waals surface area contributed by atoms with Gasteiger partial charge in [0.05, 0.1) is 23.5 Å². The monoisotopic (exact) mass is 214 g/mol. The number of aromatic amines is 1. The molecule has 2 N–H and O–H groups in total. The molecule has 0 saturated heterocycles. The summed E-state index contributed by atoms with van der Waals surface area (Å²) in [5, 5.41) is 2.99. The van der Waals surface area contributed by atoms with Crippen LogP contribution in [0.2, 0.25) is 0 Å². The van der Waals surface area contributed by atoms with Crippen LogP contribution in [0.25, 0.3) is 11.3 Å². The van der Waals surface area contributed by atoms with E-state index in [-0.39, 0.29) is 0 Å². The molecule has 0 fully saturated rings. The Morgan fingerprint density at radius 3 is 2.62 bits per heavy atom. The van der Waals surface area contributed by atoms with Crippen molar-refractivity contribution in [3.8, 4) is 11.3 Å². The highest BCUT2D eigenvalue weighted by Crippen LogP contribution is 2.20. The van der Waals surface area contributed by atoms with E-state index in [4.69, 9.17) is 0 Å². The van der Waals surface area contributed by atoms with Crippen LogP contribution < -0.4 is 5.32 Å². The van der Waals surface area contributed by atoms with Crippen LogP contribution in [0.15, 0.2) is 41.8 Å². The summed E-state index contributed by atoms with van der Waals surface area (Å²) < 4.78 is 0. The lowest BCUT2D eigenvalue weighted by atomic mass is 10.1. The predicted octanol–water partition coefficient (Wildman–Crippen LogP) is 2.35. The van der Waals surface area contributed by atoms with E-state index < -0.39 is 0 Å². The van der Waals surface area contributed by atoms with Gasteiger partial charge < -0.3 is 10.3 Å². The van der Waals surface area contributed by atoms with Crippen LogP contribution in [0.3, 0.4) is 0 Å². The van der Waals surface area contributed by atoms with Gasteiger partial charge in [0.15, 0.2) is 0 Å². The van der Waals surface area contributed by atoms with Crippen molar-refractivity contribution < 1.29 is 0 Å². The highest BCUT2D eigenvalue weighted by Gasteiger charge is 1.98. The number of rotatable bonds is 2. The van der Waals surface area contributed by atoms with Gasteiger partial charge in [0.1, 0.15) is 0 Å². The third-order valence-electron chi connectivity index (χ3n) is 2.32. The maximum absolute atomic E-state index is 4.38. The van der Waals surface area contributed by atoms with Crippen molar-refractivity contribution in [2.75, 3.05) is 7.05 Å². The van der Waals surface area contributed by atoms with Crippen LogP contribution in [0.1, 0.15) is 6.92 Å². The lowest BCUT2D eigenvalue weighted by Crippen LogP contribution is -2.12. The number of benzene rings is 1. The Morgan fingerprint density at radius 1 is 1.31 bits per heavy atom. The molecule has 2 aromatic rings. The second-order valence-corrected chi connectivity index (χ2v) is 3.45. The molecule has 0 aliphatic rings. The van der Waals surface area contributed by atoms with Crippen molar-refractivity contribution in [2.24, 2.45) is 4.99 Å². The molecule has 1 heterocycles. The van der Waals surface area contributed by atoms with E-state index in [2.05, 4.69) is 20.3 Å². The molecule has 4 heteroatoms. The Kier molecular flexibility index (Phi) is 3.00. The standard InChI is InChI=1S/C12H14N4/c1-9(13-2)16-11-5-3-10(4-6-11)12-7-14-8-15-12/h3-8H,1-2H3,(H,13,16)(H,14,15). The molecule has 0 bridgehead atoms. The zero-order valence-corrected chi connectivity index (χ0v) is 9.36. The molecule has 0 unspecified atom stereocenters. The summed E-state index contributed by atoms with van der Waals surface area (Å²) >= 11 is 0. The SMILES string of the molecule is CNC(C)=Nc1ccc(-c2c[nH]cn2)cc1. The number of aliphatic imine (C=N–C) groups is 1. The van der Waals surface area contributed by atoms with Crippen LogP contribution in [-0.4, -0.2) is 22.9 Å². The topological polar surface area (TPSA) is 53.1 Å². The van der Waals surface area contributed by atoms with Crippen molar-refractivity contribution >= 4 is 11.5 Å². The number of aromatic nitrogens is 2. The van der Waals surface area contributed by atoms with Crippen molar-refractivity contribution in [1.29, 1.82) is 0 Å². The van der Waals surface area contributed by atoms with E-state index >= 15 is 0 Å². The second kappa shape index (κ2) is 4.61. The number of amidine groups is 1. The smallest absolute Gasteiger partial charge is 0.0988 e. The van der Waals surface area contributed by atoms with Crippen LogP contribution in [0.5, 0.6) is 0 Å². The normalized spacial score (nSPS) is 11.5. The van der Waals surface area contributed by atoms with Gasteiger partial charge in [-0.1, -0.05) is 12.1 Å². The van der Waals surface area contributed by atoms with E-state index in [0.29, 0.717) is 0 Å². The highest BCUT2D eigenvalue weighted by molar-refractivity contribution is 5.82. The fourth-order valence-corrected chi connectivity index (χ4v) is 1.37. The van der Waals surface area contributed by atoms with E-state index in [9.17, 15) is 0 Å². The lowest BCUT2D eigenvalue weighted by Gasteiger charge is -2.00. The first kappa shape index (κ1) is 10.4. The minimum Gasteiger partial charge on any atom is -0.377 e. The van der Waals surface area contributed by atoms with Crippen molar-refractivity contribution in [3.05, 3.63) is 36.8 Å². The summed E-state index contributed by atoms with van der Waals surface area (Å²) in [6.07, 6.45) is 3.55. The van der Waals surface area contributed by atoms with Gasteiger partial charge in [-0.05, 0) is 19.1 Å². The molecule has 0 saturated carbocycles. The van der Waals surface area contributed by atoms with Gasteiger partial charge in [-0.15, -0.1) is 0 Å². The van der Waals surface area contributed by atoms with Gasteiger partial charge in [-0.2, -0.15) is 0 Å². The molecule has 2 rings (SSSR count). The number of hydrogen-bond acceptors (Lipinski definition) is 2. The summed E-state index contributed by atoms with van der Waals surface area (Å²) in [7, 11) is 1.86. The average Bonchev–Trinajstić information content (AvgIpc) is 2.83. The van der Waals surface area contributed by atoms with Gasteiger partial charge in [0.2, 0.25) is 0 Å². The molecule has 82 valence electrons. The van der Waals surface area contributed by atoms with Crippen LogP contribution in [0.4, 0.5) is 5.69 Å². The van der Waals surface area contributed by atoms with E-state index in [1.54, 1.807) is 6.33 Å². The number of imidazole rings is 1. The largest absolute Gasteiger partial charge is 0.377 e. The quantitative estimate of drug-likeness (QED) is 0.595. The first-order chi connectivity index (χ1) is 7.79. The van der Waals surface area contributed by atoms with E-state index in [1.165, 1.54) is 0 Å². The van der Waals surface area contributed by atoms with Gasteiger partial charge in [0.25, 0.3) is 0 Å². The molecular weight excluding hydrogens is 200 g/mol. The molecule has 1 aromatic carbocycles. The fourth-order valence-electron chi connectivity index (χ4n) is 1.37. The zero-order valence-electron chi connectivity index (χ0n) is 9.36. The number of nitrogens with zero attached hydrogens (tertiary/aromatic N) is 2. The Morgan fingerprint density at radius 2 is 2.06 bits per heavy atom. The maximum atomic E-state index is 4.38. The third kappa shape index (κ3) is 2.28. The Hall–Kier alpha value is -2.10. The molecular formula is C12H14N4. The van der Waals surface area contributed by atoms with Gasteiger partial charge >= 0.3 is 0 Å². The van der Waals surface area contributed by atoms with Gasteiger partial charge in [-0.25, -0.2) is 9.98 Å². The molecule has 0 radical (unpaired) electrons. The van der Waals surface area contributed by atoms with Crippen LogP contribution >= 0.6 is 0 Å². The minimum absolute atomic E-state index is 0.896. The van der Waals surface area contributed by atoms with Crippen molar-refractivity contribution in [3.63, 3.8) is 0 Å². The summed E-state index contributed by atoms with van der Waals surface area (Å²) in [5.41, 5.74) is 2.97. The Balaban J connectivity index is 2.23.